The van der Waals surface area contributed by atoms with Gasteiger partial charge in [-0.05, 0) is 44.5 Å². The van der Waals surface area contributed by atoms with Gasteiger partial charge in [-0.3, -0.25) is 0 Å². The second-order valence-electron chi connectivity index (χ2n) is 6.02. The molecule has 0 saturated carbocycles. The summed E-state index contributed by atoms with van der Waals surface area (Å²) in [5, 5.41) is 2.76. The SMILES string of the molecule is CC(C)C1=C(c2ccccc2)c2cccc3cccc1c23. The Labute approximate surface area is 125 Å². The van der Waals surface area contributed by atoms with Crippen molar-refractivity contribution >= 4 is 21.9 Å². The molecule has 0 radical (unpaired) electrons. The van der Waals surface area contributed by atoms with Crippen molar-refractivity contribution in [1.82, 2.24) is 0 Å². The summed E-state index contributed by atoms with van der Waals surface area (Å²) < 4.78 is 0. The van der Waals surface area contributed by atoms with Gasteiger partial charge in [-0.25, -0.2) is 0 Å². The highest BCUT2D eigenvalue weighted by molar-refractivity contribution is 6.17. The van der Waals surface area contributed by atoms with Gasteiger partial charge in [0.1, 0.15) is 0 Å². The van der Waals surface area contributed by atoms with Crippen molar-refractivity contribution in [3.05, 3.63) is 83.4 Å². The van der Waals surface area contributed by atoms with Gasteiger partial charge in [0.2, 0.25) is 0 Å². The fourth-order valence-electron chi connectivity index (χ4n) is 3.57. The van der Waals surface area contributed by atoms with E-state index in [9.17, 15) is 0 Å². The molecule has 0 amide bonds. The fourth-order valence-corrected chi connectivity index (χ4v) is 3.57. The van der Waals surface area contributed by atoms with E-state index < -0.39 is 0 Å². The zero-order valence-electron chi connectivity index (χ0n) is 12.4. The predicted octanol–water partition coefficient (Wildman–Crippen LogP) is 5.77. The van der Waals surface area contributed by atoms with Crippen molar-refractivity contribution < 1.29 is 0 Å². The van der Waals surface area contributed by atoms with Crippen molar-refractivity contribution in [1.29, 1.82) is 0 Å². The van der Waals surface area contributed by atoms with Crippen LogP contribution in [0.5, 0.6) is 0 Å². The zero-order chi connectivity index (χ0) is 14.4. The van der Waals surface area contributed by atoms with Crippen LogP contribution in [0.15, 0.2) is 66.7 Å². The van der Waals surface area contributed by atoms with E-state index in [2.05, 4.69) is 80.6 Å². The molecule has 4 rings (SSSR count). The molecule has 0 fully saturated rings. The van der Waals surface area contributed by atoms with Crippen LogP contribution in [0, 0.1) is 5.92 Å². The average Bonchev–Trinajstić information content (AvgIpc) is 2.85. The van der Waals surface area contributed by atoms with Gasteiger partial charge in [0, 0.05) is 0 Å². The Morgan fingerprint density at radius 3 is 2.00 bits per heavy atom. The van der Waals surface area contributed by atoms with E-state index in [1.807, 2.05) is 0 Å². The summed E-state index contributed by atoms with van der Waals surface area (Å²) in [5.41, 5.74) is 7.02. The van der Waals surface area contributed by atoms with E-state index in [0.717, 1.165) is 0 Å². The second kappa shape index (κ2) is 4.60. The van der Waals surface area contributed by atoms with Crippen LogP contribution in [0.25, 0.3) is 21.9 Å². The highest BCUT2D eigenvalue weighted by Gasteiger charge is 2.26. The van der Waals surface area contributed by atoms with E-state index in [1.54, 1.807) is 0 Å². The minimum absolute atomic E-state index is 0.512. The second-order valence-corrected chi connectivity index (χ2v) is 6.02. The molecule has 0 saturated heterocycles. The highest BCUT2D eigenvalue weighted by Crippen LogP contribution is 2.47. The summed E-state index contributed by atoms with van der Waals surface area (Å²) in [6, 6.07) is 24.1. The molecule has 102 valence electrons. The molecule has 1 aliphatic rings. The third-order valence-electron chi connectivity index (χ3n) is 4.37. The van der Waals surface area contributed by atoms with Gasteiger partial charge in [-0.2, -0.15) is 0 Å². The molecule has 0 unspecified atom stereocenters. The minimum atomic E-state index is 0.512. The van der Waals surface area contributed by atoms with Crippen LogP contribution in [0.4, 0.5) is 0 Å². The van der Waals surface area contributed by atoms with Gasteiger partial charge in [0.05, 0.1) is 0 Å². The van der Waals surface area contributed by atoms with Gasteiger partial charge in [-0.15, -0.1) is 0 Å². The zero-order valence-corrected chi connectivity index (χ0v) is 12.4. The van der Waals surface area contributed by atoms with Gasteiger partial charge in [0.15, 0.2) is 0 Å². The average molecular weight is 270 g/mol. The molecule has 0 aromatic heterocycles. The summed E-state index contributed by atoms with van der Waals surface area (Å²) in [7, 11) is 0. The maximum Gasteiger partial charge on any atom is -0.00294 e. The Bertz CT molecular complexity index is 846. The first-order chi connectivity index (χ1) is 10.3. The minimum Gasteiger partial charge on any atom is -0.0622 e. The summed E-state index contributed by atoms with van der Waals surface area (Å²) >= 11 is 0. The third kappa shape index (κ3) is 1.76. The number of allylic oxidation sites excluding steroid dienone is 1. The van der Waals surface area contributed by atoms with Crippen molar-refractivity contribution in [2.75, 3.05) is 0 Å². The molecule has 0 aliphatic heterocycles. The molecule has 0 atom stereocenters. The molecule has 0 spiro atoms. The lowest BCUT2D eigenvalue weighted by atomic mass is 9.91. The first-order valence-corrected chi connectivity index (χ1v) is 7.59. The van der Waals surface area contributed by atoms with Crippen LogP contribution in [-0.4, -0.2) is 0 Å². The van der Waals surface area contributed by atoms with Crippen LogP contribution < -0.4 is 0 Å². The molecule has 0 heteroatoms. The lowest BCUT2D eigenvalue weighted by Crippen LogP contribution is -1.94. The third-order valence-corrected chi connectivity index (χ3v) is 4.37. The Hall–Kier alpha value is -2.34. The van der Waals surface area contributed by atoms with Crippen LogP contribution in [0.2, 0.25) is 0 Å². The Balaban J connectivity index is 2.13. The van der Waals surface area contributed by atoms with Gasteiger partial charge in [0.25, 0.3) is 0 Å². The van der Waals surface area contributed by atoms with Gasteiger partial charge < -0.3 is 0 Å². The monoisotopic (exact) mass is 270 g/mol. The van der Waals surface area contributed by atoms with Gasteiger partial charge in [-0.1, -0.05) is 80.6 Å². The highest BCUT2D eigenvalue weighted by atomic mass is 14.3. The molecule has 0 N–H and O–H groups in total. The number of benzene rings is 3. The van der Waals surface area contributed by atoms with Crippen LogP contribution in [-0.2, 0) is 0 Å². The lowest BCUT2D eigenvalue weighted by Gasteiger charge is -2.13. The standard InChI is InChI=1S/C21H18/c1-14(2)19-17-12-6-10-15-11-7-13-18(20(15)17)21(19)16-8-4-3-5-9-16/h3-14H,1-2H3. The van der Waals surface area contributed by atoms with Crippen LogP contribution in [0.3, 0.4) is 0 Å². The molecule has 1 aliphatic carbocycles. The smallest absolute Gasteiger partial charge is 0.00294 e. The van der Waals surface area contributed by atoms with Crippen molar-refractivity contribution in [2.45, 2.75) is 13.8 Å². The van der Waals surface area contributed by atoms with E-state index >= 15 is 0 Å². The van der Waals surface area contributed by atoms with Crippen molar-refractivity contribution in [2.24, 2.45) is 5.92 Å². The van der Waals surface area contributed by atoms with Crippen molar-refractivity contribution in [3.8, 4) is 0 Å². The lowest BCUT2D eigenvalue weighted by molar-refractivity contribution is 0.860. The molecular weight excluding hydrogens is 252 g/mol. The number of hydrogen-bond donors (Lipinski definition) is 0. The molecule has 3 aromatic carbocycles. The first-order valence-electron chi connectivity index (χ1n) is 7.59. The van der Waals surface area contributed by atoms with E-state index in [1.165, 1.54) is 38.6 Å². The quantitative estimate of drug-likeness (QED) is 0.554. The van der Waals surface area contributed by atoms with Crippen LogP contribution in [0.1, 0.15) is 30.5 Å². The molecule has 0 bridgehead atoms. The first kappa shape index (κ1) is 12.4. The van der Waals surface area contributed by atoms with E-state index in [0.29, 0.717) is 5.92 Å². The molecule has 0 heterocycles. The Morgan fingerprint density at radius 1 is 0.667 bits per heavy atom. The largest absolute Gasteiger partial charge is 0.0622 e. The number of hydrogen-bond acceptors (Lipinski definition) is 0. The topological polar surface area (TPSA) is 0 Å². The van der Waals surface area contributed by atoms with Crippen LogP contribution >= 0.6 is 0 Å². The Morgan fingerprint density at radius 2 is 1.33 bits per heavy atom. The maximum atomic E-state index is 2.29. The predicted molar refractivity (Wildman–Crippen MR) is 91.1 cm³/mol. The van der Waals surface area contributed by atoms with E-state index in [-0.39, 0.29) is 0 Å². The molecule has 0 nitrogen and oxygen atoms in total. The fraction of sp³-hybridized carbons (Fsp3) is 0.143. The summed E-state index contributed by atoms with van der Waals surface area (Å²) in [6.45, 7) is 4.59. The summed E-state index contributed by atoms with van der Waals surface area (Å²) in [6.07, 6.45) is 0. The van der Waals surface area contributed by atoms with Crippen molar-refractivity contribution in [3.63, 3.8) is 0 Å². The molecule has 3 aromatic rings. The number of rotatable bonds is 2. The molecular formula is C21H18. The molecule has 21 heavy (non-hydrogen) atoms. The summed E-state index contributed by atoms with van der Waals surface area (Å²) in [5.74, 6) is 0.512. The summed E-state index contributed by atoms with van der Waals surface area (Å²) in [4.78, 5) is 0. The van der Waals surface area contributed by atoms with E-state index in [4.69, 9.17) is 0 Å². The van der Waals surface area contributed by atoms with Gasteiger partial charge >= 0.3 is 0 Å². The normalized spacial score (nSPS) is 13.5. The maximum absolute atomic E-state index is 2.29. The Kier molecular flexibility index (Phi) is 2.71.